The van der Waals surface area contributed by atoms with E-state index in [2.05, 4.69) is 15.0 Å². The molecule has 0 spiro atoms. The van der Waals surface area contributed by atoms with Crippen molar-refractivity contribution in [2.45, 2.75) is 4.90 Å². The Hall–Kier alpha value is -3.21. The SMILES string of the molecule is O=C(Nc1ccc(S(=O)(=O)Nc2nccs2)cc1)c1cc(=O)c2cc(Cl)ccc2o1. The summed E-state index contributed by atoms with van der Waals surface area (Å²) >= 11 is 7.03. The van der Waals surface area contributed by atoms with Crippen LogP contribution in [0.2, 0.25) is 5.02 Å². The summed E-state index contributed by atoms with van der Waals surface area (Å²) < 4.78 is 32.5. The van der Waals surface area contributed by atoms with Crippen LogP contribution < -0.4 is 15.5 Å². The molecule has 2 heterocycles. The highest BCUT2D eigenvalue weighted by Crippen LogP contribution is 2.21. The molecular formula is C19H12ClN3O5S2. The van der Waals surface area contributed by atoms with Crippen molar-refractivity contribution in [2.24, 2.45) is 0 Å². The molecular weight excluding hydrogens is 450 g/mol. The van der Waals surface area contributed by atoms with Gasteiger partial charge >= 0.3 is 0 Å². The van der Waals surface area contributed by atoms with Crippen LogP contribution in [0.15, 0.2) is 74.2 Å². The molecule has 0 aliphatic carbocycles. The average Bonchev–Trinajstić information content (AvgIpc) is 3.21. The van der Waals surface area contributed by atoms with Crippen molar-refractivity contribution in [3.8, 4) is 0 Å². The predicted octanol–water partition coefficient (Wildman–Crippen LogP) is 3.96. The molecule has 0 atom stereocenters. The van der Waals surface area contributed by atoms with Crippen LogP contribution in [0.1, 0.15) is 10.6 Å². The van der Waals surface area contributed by atoms with Crippen molar-refractivity contribution in [1.82, 2.24) is 4.98 Å². The highest BCUT2D eigenvalue weighted by Gasteiger charge is 2.17. The molecule has 0 bridgehead atoms. The van der Waals surface area contributed by atoms with Gasteiger partial charge in [0.1, 0.15) is 5.58 Å². The molecule has 8 nitrogen and oxygen atoms in total. The summed E-state index contributed by atoms with van der Waals surface area (Å²) in [5.74, 6) is -0.836. The topological polar surface area (TPSA) is 118 Å². The number of aromatic nitrogens is 1. The second kappa shape index (κ2) is 7.90. The lowest BCUT2D eigenvalue weighted by molar-refractivity contribution is 0.0997. The van der Waals surface area contributed by atoms with Gasteiger partial charge in [-0.25, -0.2) is 13.4 Å². The van der Waals surface area contributed by atoms with Crippen molar-refractivity contribution in [3.63, 3.8) is 0 Å². The van der Waals surface area contributed by atoms with Crippen molar-refractivity contribution in [1.29, 1.82) is 0 Å². The van der Waals surface area contributed by atoms with Gasteiger partial charge in [-0.2, -0.15) is 0 Å². The van der Waals surface area contributed by atoms with E-state index in [4.69, 9.17) is 16.0 Å². The third-order valence-electron chi connectivity index (χ3n) is 3.99. The van der Waals surface area contributed by atoms with Crippen LogP contribution in [0, 0.1) is 0 Å². The Balaban J connectivity index is 1.53. The lowest BCUT2D eigenvalue weighted by Crippen LogP contribution is -2.15. The summed E-state index contributed by atoms with van der Waals surface area (Å²) in [6.07, 6.45) is 1.49. The highest BCUT2D eigenvalue weighted by atomic mass is 35.5. The zero-order valence-electron chi connectivity index (χ0n) is 15.0. The first-order valence-electron chi connectivity index (χ1n) is 8.39. The minimum atomic E-state index is -3.80. The highest BCUT2D eigenvalue weighted by molar-refractivity contribution is 7.93. The lowest BCUT2D eigenvalue weighted by Gasteiger charge is -2.08. The molecule has 2 aromatic heterocycles. The largest absolute Gasteiger partial charge is 0.451 e. The van der Waals surface area contributed by atoms with Gasteiger partial charge in [-0.3, -0.25) is 14.3 Å². The summed E-state index contributed by atoms with van der Waals surface area (Å²) in [4.78, 5) is 28.6. The molecule has 2 N–H and O–H groups in total. The Bertz CT molecular complexity index is 1400. The van der Waals surface area contributed by atoms with Crippen LogP contribution in [0.5, 0.6) is 0 Å². The van der Waals surface area contributed by atoms with Gasteiger partial charge in [0, 0.05) is 28.4 Å². The first kappa shape index (κ1) is 20.1. The smallest absolute Gasteiger partial charge is 0.291 e. The van der Waals surface area contributed by atoms with E-state index in [1.54, 1.807) is 11.4 Å². The first-order valence-corrected chi connectivity index (χ1v) is 11.1. The second-order valence-corrected chi connectivity index (χ2v) is 9.05. The number of rotatable bonds is 5. The molecule has 4 aromatic rings. The van der Waals surface area contributed by atoms with Crippen LogP contribution >= 0.6 is 22.9 Å². The van der Waals surface area contributed by atoms with Crippen molar-refractivity contribution in [2.75, 3.05) is 10.0 Å². The van der Waals surface area contributed by atoms with Crippen LogP contribution in [-0.4, -0.2) is 19.3 Å². The van der Waals surface area contributed by atoms with Crippen LogP contribution in [-0.2, 0) is 10.0 Å². The normalized spacial score (nSPS) is 11.4. The second-order valence-electron chi connectivity index (χ2n) is 6.04. The molecule has 0 saturated carbocycles. The van der Waals surface area contributed by atoms with Crippen LogP contribution in [0.4, 0.5) is 10.8 Å². The molecule has 0 fully saturated rings. The molecule has 2 aromatic carbocycles. The maximum atomic E-state index is 12.5. The molecule has 0 saturated heterocycles. The molecule has 152 valence electrons. The van der Waals surface area contributed by atoms with E-state index in [1.807, 2.05) is 0 Å². The summed E-state index contributed by atoms with van der Waals surface area (Å²) in [6, 6.07) is 11.1. The number of hydrogen-bond acceptors (Lipinski definition) is 7. The molecule has 4 rings (SSSR count). The fourth-order valence-corrected chi connectivity index (χ4v) is 4.56. The Morgan fingerprint density at radius 3 is 2.57 bits per heavy atom. The third kappa shape index (κ3) is 4.20. The average molecular weight is 462 g/mol. The monoisotopic (exact) mass is 461 g/mol. The number of fused-ring (bicyclic) bond motifs is 1. The Labute approximate surface area is 179 Å². The standard InChI is InChI=1S/C19H12ClN3O5S2/c20-11-1-6-16-14(9-11)15(24)10-17(28-16)18(25)22-12-2-4-13(5-3-12)30(26,27)23-19-21-7-8-29-19/h1-10H,(H,21,23)(H,22,25). The maximum absolute atomic E-state index is 12.5. The van der Waals surface area contributed by atoms with Gasteiger partial charge in [-0.1, -0.05) is 11.6 Å². The van der Waals surface area contributed by atoms with E-state index in [-0.39, 0.29) is 26.8 Å². The number of halogens is 1. The van der Waals surface area contributed by atoms with Gasteiger partial charge in [0.15, 0.2) is 16.3 Å². The molecule has 0 unspecified atom stereocenters. The molecule has 0 radical (unpaired) electrons. The number of carbonyl (C=O) groups is 1. The Morgan fingerprint density at radius 1 is 1.10 bits per heavy atom. The maximum Gasteiger partial charge on any atom is 0.291 e. The van der Waals surface area contributed by atoms with Crippen molar-refractivity contribution < 1.29 is 17.6 Å². The lowest BCUT2D eigenvalue weighted by atomic mass is 10.2. The number of hydrogen-bond donors (Lipinski definition) is 2. The number of nitrogens with zero attached hydrogens (tertiary/aromatic N) is 1. The quantitative estimate of drug-likeness (QED) is 0.464. The van der Waals surface area contributed by atoms with E-state index < -0.39 is 21.4 Å². The number of carbonyl (C=O) groups excluding carboxylic acids is 1. The van der Waals surface area contributed by atoms with Gasteiger partial charge < -0.3 is 9.73 Å². The molecule has 11 heteroatoms. The van der Waals surface area contributed by atoms with Gasteiger partial charge in [-0.05, 0) is 42.5 Å². The van der Waals surface area contributed by atoms with Crippen LogP contribution in [0.25, 0.3) is 11.0 Å². The fraction of sp³-hybridized carbons (Fsp3) is 0. The zero-order chi connectivity index (χ0) is 21.3. The van der Waals surface area contributed by atoms with Gasteiger partial charge in [-0.15, -0.1) is 11.3 Å². The zero-order valence-corrected chi connectivity index (χ0v) is 17.3. The van der Waals surface area contributed by atoms with E-state index in [9.17, 15) is 18.0 Å². The number of sulfonamides is 1. The number of amides is 1. The minimum Gasteiger partial charge on any atom is -0.451 e. The van der Waals surface area contributed by atoms with E-state index in [0.717, 1.165) is 17.4 Å². The number of benzene rings is 2. The predicted molar refractivity (Wildman–Crippen MR) is 115 cm³/mol. The number of nitrogens with one attached hydrogen (secondary N) is 2. The number of thiazole rings is 1. The Morgan fingerprint density at radius 2 is 1.87 bits per heavy atom. The number of anilines is 2. The molecule has 30 heavy (non-hydrogen) atoms. The minimum absolute atomic E-state index is 0.00446. The summed E-state index contributed by atoms with van der Waals surface area (Å²) in [7, 11) is -3.80. The van der Waals surface area contributed by atoms with Gasteiger partial charge in [0.2, 0.25) is 0 Å². The molecule has 0 aliphatic heterocycles. The Kier molecular flexibility index (Phi) is 5.29. The molecule has 0 aliphatic rings. The summed E-state index contributed by atoms with van der Waals surface area (Å²) in [5.41, 5.74) is 0.150. The van der Waals surface area contributed by atoms with Crippen LogP contribution in [0.3, 0.4) is 0 Å². The van der Waals surface area contributed by atoms with E-state index in [1.165, 1.54) is 42.6 Å². The third-order valence-corrected chi connectivity index (χ3v) is 6.40. The van der Waals surface area contributed by atoms with E-state index in [0.29, 0.717) is 10.7 Å². The van der Waals surface area contributed by atoms with E-state index >= 15 is 0 Å². The first-order chi connectivity index (χ1) is 14.3. The summed E-state index contributed by atoms with van der Waals surface area (Å²) in [5, 5.41) is 5.11. The van der Waals surface area contributed by atoms with Crippen molar-refractivity contribution in [3.05, 3.63) is 81.1 Å². The van der Waals surface area contributed by atoms with Gasteiger partial charge in [0.25, 0.3) is 15.9 Å². The van der Waals surface area contributed by atoms with Gasteiger partial charge in [0.05, 0.1) is 10.3 Å². The summed E-state index contributed by atoms with van der Waals surface area (Å²) in [6.45, 7) is 0. The molecule has 1 amide bonds. The van der Waals surface area contributed by atoms with Crippen molar-refractivity contribution >= 4 is 60.7 Å². The fourth-order valence-electron chi connectivity index (χ4n) is 2.60.